The minimum absolute atomic E-state index is 0.0774. The Morgan fingerprint density at radius 1 is 1.08 bits per heavy atom. The number of benzene rings is 2. The Balaban J connectivity index is 1.27. The molecule has 1 N–H and O–H groups in total. The number of hydrogen-bond acceptors (Lipinski definition) is 7. The maximum Gasteiger partial charge on any atom is 0.266 e. The molecule has 2 fully saturated rings. The number of nitrogens with zero attached hydrogens (tertiary/aromatic N) is 3. The first-order valence-corrected chi connectivity index (χ1v) is 13.4. The summed E-state index contributed by atoms with van der Waals surface area (Å²) in [6, 6.07) is 19.6. The average molecular weight is 529 g/mol. The van der Waals surface area contributed by atoms with Gasteiger partial charge in [0.25, 0.3) is 5.91 Å². The first-order valence-electron chi connectivity index (χ1n) is 12.6. The highest BCUT2D eigenvalue weighted by Gasteiger charge is 2.33. The largest absolute Gasteiger partial charge is 0.497 e. The van der Waals surface area contributed by atoms with Crippen molar-refractivity contribution in [1.82, 2.24) is 9.88 Å². The summed E-state index contributed by atoms with van der Waals surface area (Å²) in [5, 5.41) is 1.81. The number of anilines is 1. The highest BCUT2D eigenvalue weighted by molar-refractivity contribution is 8.18. The SMILES string of the molecule is COc1ccc(N=C2SC(=Cc3ccc(N4CCOCC4)o3)C(=O)N2CCc2c[nH]c3ccccc23)cc1. The second-order valence-electron chi connectivity index (χ2n) is 9.04. The van der Waals surface area contributed by atoms with Crippen LogP contribution in [-0.4, -0.2) is 60.9 Å². The molecule has 0 bridgehead atoms. The monoisotopic (exact) mass is 528 g/mol. The van der Waals surface area contributed by atoms with E-state index in [0.717, 1.165) is 35.9 Å². The number of hydrogen-bond donors (Lipinski definition) is 1. The van der Waals surface area contributed by atoms with Gasteiger partial charge >= 0.3 is 0 Å². The molecule has 2 aliphatic heterocycles. The van der Waals surface area contributed by atoms with E-state index in [1.165, 1.54) is 22.7 Å². The lowest BCUT2D eigenvalue weighted by Crippen LogP contribution is -2.35. The first-order chi connectivity index (χ1) is 18.7. The highest BCUT2D eigenvalue weighted by Crippen LogP contribution is 2.35. The van der Waals surface area contributed by atoms with Gasteiger partial charge in [0.2, 0.25) is 0 Å². The maximum absolute atomic E-state index is 13.6. The molecule has 2 aromatic heterocycles. The van der Waals surface area contributed by atoms with Gasteiger partial charge in [0.1, 0.15) is 11.5 Å². The molecule has 0 radical (unpaired) electrons. The van der Waals surface area contributed by atoms with Crippen LogP contribution < -0.4 is 9.64 Å². The van der Waals surface area contributed by atoms with Crippen molar-refractivity contribution in [3.05, 3.63) is 83.1 Å². The maximum atomic E-state index is 13.6. The Labute approximate surface area is 224 Å². The Morgan fingerprint density at radius 3 is 2.71 bits per heavy atom. The summed E-state index contributed by atoms with van der Waals surface area (Å²) in [5.74, 6) is 2.12. The number of nitrogens with one attached hydrogen (secondary N) is 1. The number of methoxy groups -OCH3 is 1. The van der Waals surface area contributed by atoms with Crippen LogP contribution >= 0.6 is 11.8 Å². The van der Waals surface area contributed by atoms with E-state index >= 15 is 0 Å². The summed E-state index contributed by atoms with van der Waals surface area (Å²) in [6.07, 6.45) is 4.53. The number of H-pyrrole nitrogens is 1. The number of aliphatic imine (C=N–C) groups is 1. The molecule has 194 valence electrons. The number of aromatic amines is 1. The number of amides is 1. The van der Waals surface area contributed by atoms with Crippen molar-refractivity contribution in [1.29, 1.82) is 0 Å². The molecule has 9 heteroatoms. The third-order valence-corrected chi connectivity index (χ3v) is 7.68. The smallest absolute Gasteiger partial charge is 0.266 e. The summed E-state index contributed by atoms with van der Waals surface area (Å²) in [6.45, 7) is 3.45. The van der Waals surface area contributed by atoms with Crippen LogP contribution in [0.25, 0.3) is 17.0 Å². The molecule has 6 rings (SSSR count). The minimum Gasteiger partial charge on any atom is -0.497 e. The molecule has 38 heavy (non-hydrogen) atoms. The van der Waals surface area contributed by atoms with Gasteiger partial charge in [-0.1, -0.05) is 18.2 Å². The molecular weight excluding hydrogens is 500 g/mol. The molecule has 0 saturated carbocycles. The van der Waals surface area contributed by atoms with E-state index in [4.69, 9.17) is 18.9 Å². The topological polar surface area (TPSA) is 83.3 Å². The van der Waals surface area contributed by atoms with Crippen molar-refractivity contribution in [2.45, 2.75) is 6.42 Å². The molecule has 0 spiro atoms. The second kappa shape index (κ2) is 10.8. The van der Waals surface area contributed by atoms with E-state index < -0.39 is 0 Å². The molecule has 2 aliphatic rings. The zero-order valence-corrected chi connectivity index (χ0v) is 21.9. The van der Waals surface area contributed by atoms with Crippen molar-refractivity contribution in [2.24, 2.45) is 4.99 Å². The van der Waals surface area contributed by atoms with Crippen LogP contribution in [0.5, 0.6) is 5.75 Å². The normalized spacial score (nSPS) is 18.3. The summed E-state index contributed by atoms with van der Waals surface area (Å²) >= 11 is 1.37. The van der Waals surface area contributed by atoms with E-state index in [-0.39, 0.29) is 5.91 Å². The van der Waals surface area contributed by atoms with Gasteiger partial charge in [0.05, 0.1) is 30.9 Å². The van der Waals surface area contributed by atoms with E-state index in [9.17, 15) is 4.79 Å². The van der Waals surface area contributed by atoms with E-state index in [1.807, 2.05) is 60.8 Å². The Morgan fingerprint density at radius 2 is 1.89 bits per heavy atom. The number of carbonyl (C=O) groups is 1. The second-order valence-corrected chi connectivity index (χ2v) is 10.1. The molecule has 4 heterocycles. The lowest BCUT2D eigenvalue weighted by Gasteiger charge is -2.26. The number of rotatable bonds is 7. The van der Waals surface area contributed by atoms with Crippen molar-refractivity contribution in [3.63, 3.8) is 0 Å². The minimum atomic E-state index is -0.0774. The molecule has 2 saturated heterocycles. The van der Waals surface area contributed by atoms with Crippen LogP contribution in [0, 0.1) is 0 Å². The van der Waals surface area contributed by atoms with Crippen LogP contribution in [0.15, 0.2) is 81.2 Å². The van der Waals surface area contributed by atoms with Gasteiger partial charge in [-0.3, -0.25) is 9.69 Å². The molecule has 0 aliphatic carbocycles. The third kappa shape index (κ3) is 5.07. The summed E-state index contributed by atoms with van der Waals surface area (Å²) in [7, 11) is 1.63. The highest BCUT2D eigenvalue weighted by atomic mass is 32.2. The van der Waals surface area contributed by atoms with Crippen molar-refractivity contribution < 1.29 is 18.7 Å². The Kier molecular flexibility index (Phi) is 6.94. The first kappa shape index (κ1) is 24.4. The zero-order chi connectivity index (χ0) is 25.9. The van der Waals surface area contributed by atoms with Gasteiger partial charge in [-0.25, -0.2) is 4.99 Å². The number of aromatic nitrogens is 1. The fraction of sp³-hybridized carbons (Fsp3) is 0.241. The molecule has 2 aromatic carbocycles. The van der Waals surface area contributed by atoms with Crippen molar-refractivity contribution in [3.8, 4) is 5.75 Å². The summed E-state index contributed by atoms with van der Waals surface area (Å²) in [5.41, 5.74) is 3.01. The fourth-order valence-electron chi connectivity index (χ4n) is 4.63. The number of morpholine rings is 1. The van der Waals surface area contributed by atoms with Crippen molar-refractivity contribution >= 4 is 51.4 Å². The van der Waals surface area contributed by atoms with Gasteiger partial charge in [0, 0.05) is 48.9 Å². The number of furan rings is 1. The summed E-state index contributed by atoms with van der Waals surface area (Å²) < 4.78 is 16.8. The molecule has 0 atom stereocenters. The molecular formula is C29H28N4O4S. The van der Waals surface area contributed by atoms with Crippen molar-refractivity contribution in [2.75, 3.05) is 44.9 Å². The molecule has 4 aromatic rings. The predicted octanol–water partition coefficient (Wildman–Crippen LogP) is 5.45. The molecule has 8 nitrogen and oxygen atoms in total. The summed E-state index contributed by atoms with van der Waals surface area (Å²) in [4.78, 5) is 26.2. The Hall–Kier alpha value is -3.95. The molecule has 1 amide bonds. The van der Waals surface area contributed by atoms with Crippen LogP contribution in [0.1, 0.15) is 11.3 Å². The van der Waals surface area contributed by atoms with Crippen LogP contribution in [0.2, 0.25) is 0 Å². The van der Waals surface area contributed by atoms with Crippen LogP contribution in [0.4, 0.5) is 11.6 Å². The average Bonchev–Trinajstić information content (AvgIpc) is 3.67. The van der Waals surface area contributed by atoms with E-state index in [2.05, 4.69) is 22.0 Å². The lowest BCUT2D eigenvalue weighted by atomic mass is 10.1. The number of fused-ring (bicyclic) bond motifs is 1. The van der Waals surface area contributed by atoms with Gasteiger partial charge in [-0.2, -0.15) is 0 Å². The Bertz CT molecular complexity index is 1500. The fourth-order valence-corrected chi connectivity index (χ4v) is 5.63. The van der Waals surface area contributed by atoms with Crippen LogP contribution in [-0.2, 0) is 16.0 Å². The number of thioether (sulfide) groups is 1. The number of carbonyl (C=O) groups excluding carboxylic acids is 1. The third-order valence-electron chi connectivity index (χ3n) is 6.67. The van der Waals surface area contributed by atoms with E-state index in [0.29, 0.717) is 42.0 Å². The van der Waals surface area contributed by atoms with Crippen LogP contribution in [0.3, 0.4) is 0 Å². The zero-order valence-electron chi connectivity index (χ0n) is 21.1. The standard InChI is InChI=1S/C29H28N4O4S/c1-35-22-8-6-21(7-9-22)31-29-33(13-12-20-19-30-25-5-3-2-4-24(20)25)28(34)26(38-29)18-23-10-11-27(37-23)32-14-16-36-17-15-32/h2-11,18-19,30H,12-17H2,1H3. The molecule has 0 unspecified atom stereocenters. The number of amidine groups is 1. The number of para-hydroxylation sites is 1. The lowest BCUT2D eigenvalue weighted by molar-refractivity contribution is -0.122. The van der Waals surface area contributed by atoms with Gasteiger partial charge in [-0.05, 0) is 60.1 Å². The van der Waals surface area contributed by atoms with Gasteiger partial charge in [-0.15, -0.1) is 0 Å². The quantitative estimate of drug-likeness (QED) is 0.321. The number of ether oxygens (including phenoxy) is 2. The van der Waals surface area contributed by atoms with E-state index in [1.54, 1.807) is 12.0 Å². The van der Waals surface area contributed by atoms with Gasteiger partial charge in [0.15, 0.2) is 11.1 Å². The van der Waals surface area contributed by atoms with Gasteiger partial charge < -0.3 is 23.8 Å². The predicted molar refractivity (Wildman–Crippen MR) is 151 cm³/mol.